The maximum Gasteiger partial charge on any atom is 0.140 e. The molecule has 1 aromatic heterocycles. The molecular weight excluding hydrogens is 250 g/mol. The Bertz CT molecular complexity index is 610. The molecule has 0 saturated carbocycles. The average Bonchev–Trinajstić information content (AvgIpc) is 2.84. The minimum absolute atomic E-state index is 0.528. The lowest BCUT2D eigenvalue weighted by Gasteiger charge is -2.28. The van der Waals surface area contributed by atoms with Crippen LogP contribution in [0.15, 0.2) is 24.5 Å². The van der Waals surface area contributed by atoms with Crippen molar-refractivity contribution >= 4 is 22.4 Å². The summed E-state index contributed by atoms with van der Waals surface area (Å²) < 4.78 is 0. The fourth-order valence-corrected chi connectivity index (χ4v) is 3.01. The molecule has 0 bridgehead atoms. The first-order valence-electron chi connectivity index (χ1n) is 7.07. The Morgan fingerprint density at radius 1 is 1.35 bits per heavy atom. The molecule has 0 spiro atoms. The Morgan fingerprint density at radius 3 is 3.00 bits per heavy atom. The lowest BCUT2D eigenvalue weighted by Crippen LogP contribution is -2.38. The lowest BCUT2D eigenvalue weighted by atomic mass is 10.1. The zero-order chi connectivity index (χ0) is 14.1. The Balaban J connectivity index is 2.01. The molecule has 0 radical (unpaired) electrons. The van der Waals surface area contributed by atoms with E-state index in [1.165, 1.54) is 12.8 Å². The second-order valence-electron chi connectivity index (χ2n) is 5.73. The quantitative estimate of drug-likeness (QED) is 0.862. The first kappa shape index (κ1) is 13.1. The fourth-order valence-electron chi connectivity index (χ4n) is 3.01. The highest BCUT2D eigenvalue weighted by Crippen LogP contribution is 2.30. The number of nitrogens with zero attached hydrogens (tertiary/aromatic N) is 4. The summed E-state index contributed by atoms with van der Waals surface area (Å²) >= 11 is 0. The zero-order valence-corrected chi connectivity index (χ0v) is 12.1. The van der Waals surface area contributed by atoms with Gasteiger partial charge in [-0.25, -0.2) is 9.97 Å². The van der Waals surface area contributed by atoms with Crippen LogP contribution in [0.1, 0.15) is 12.8 Å². The van der Waals surface area contributed by atoms with Gasteiger partial charge in [0, 0.05) is 30.2 Å². The predicted molar refractivity (Wildman–Crippen MR) is 82.9 cm³/mol. The van der Waals surface area contributed by atoms with Gasteiger partial charge in [0.05, 0.1) is 5.52 Å². The fraction of sp³-hybridized carbons (Fsp3) is 0.467. The third-order valence-electron chi connectivity index (χ3n) is 3.86. The van der Waals surface area contributed by atoms with Crippen LogP contribution in [0.4, 0.5) is 11.5 Å². The lowest BCUT2D eigenvalue weighted by molar-refractivity contribution is 0.371. The Morgan fingerprint density at radius 2 is 2.20 bits per heavy atom. The first-order chi connectivity index (χ1) is 9.65. The maximum absolute atomic E-state index is 5.84. The molecule has 2 aromatic rings. The van der Waals surface area contributed by atoms with E-state index < -0.39 is 0 Å². The number of rotatable bonds is 3. The van der Waals surface area contributed by atoms with Crippen LogP contribution in [0.25, 0.3) is 10.9 Å². The van der Waals surface area contributed by atoms with Crippen molar-refractivity contribution in [1.29, 1.82) is 0 Å². The molecule has 2 heterocycles. The van der Waals surface area contributed by atoms with Crippen LogP contribution in [0.5, 0.6) is 0 Å². The predicted octanol–water partition coefficient (Wildman–Crippen LogP) is 1.74. The highest BCUT2D eigenvalue weighted by Gasteiger charge is 2.27. The number of anilines is 2. The van der Waals surface area contributed by atoms with Crippen molar-refractivity contribution in [3.05, 3.63) is 24.5 Å². The van der Waals surface area contributed by atoms with Gasteiger partial charge in [-0.05, 0) is 45.1 Å². The van der Waals surface area contributed by atoms with Gasteiger partial charge in [-0.2, -0.15) is 0 Å². The molecule has 5 nitrogen and oxygen atoms in total. The monoisotopic (exact) mass is 271 g/mol. The van der Waals surface area contributed by atoms with Crippen molar-refractivity contribution in [3.8, 4) is 0 Å². The average molecular weight is 271 g/mol. The zero-order valence-electron chi connectivity index (χ0n) is 12.1. The van der Waals surface area contributed by atoms with Crippen LogP contribution in [0.3, 0.4) is 0 Å². The summed E-state index contributed by atoms with van der Waals surface area (Å²) in [5.41, 5.74) is 7.51. The Labute approximate surface area is 119 Å². The minimum Gasteiger partial charge on any atom is -0.399 e. The van der Waals surface area contributed by atoms with E-state index in [0.29, 0.717) is 6.04 Å². The summed E-state index contributed by atoms with van der Waals surface area (Å²) in [4.78, 5) is 13.5. The molecule has 0 amide bonds. The summed E-state index contributed by atoms with van der Waals surface area (Å²) in [7, 11) is 4.24. The number of benzene rings is 1. The second-order valence-corrected chi connectivity index (χ2v) is 5.73. The first-order valence-corrected chi connectivity index (χ1v) is 7.07. The van der Waals surface area contributed by atoms with Crippen LogP contribution in [-0.2, 0) is 0 Å². The molecule has 1 fully saturated rings. The van der Waals surface area contributed by atoms with E-state index in [1.54, 1.807) is 6.33 Å². The second kappa shape index (κ2) is 5.25. The molecule has 20 heavy (non-hydrogen) atoms. The molecule has 106 valence electrons. The summed E-state index contributed by atoms with van der Waals surface area (Å²) in [5.74, 6) is 1.04. The van der Waals surface area contributed by atoms with Crippen LogP contribution >= 0.6 is 0 Å². The van der Waals surface area contributed by atoms with E-state index in [1.807, 2.05) is 18.2 Å². The highest BCUT2D eigenvalue weighted by atomic mass is 15.3. The van der Waals surface area contributed by atoms with Gasteiger partial charge >= 0.3 is 0 Å². The van der Waals surface area contributed by atoms with E-state index in [2.05, 4.69) is 33.9 Å². The van der Waals surface area contributed by atoms with Crippen molar-refractivity contribution in [1.82, 2.24) is 14.9 Å². The standard InChI is InChI=1S/C15H21N5/c1-19(2)9-12-4-3-7-20(12)15-13-6-5-11(16)8-14(13)17-10-18-15/h5-6,8,10,12H,3-4,7,9,16H2,1-2H3. The van der Waals surface area contributed by atoms with E-state index in [-0.39, 0.29) is 0 Å². The maximum atomic E-state index is 5.84. The number of likely N-dealkylation sites (N-methyl/N-ethyl adjacent to an activating group) is 1. The number of nitrogen functional groups attached to an aromatic ring is 1. The molecule has 1 aliphatic rings. The van der Waals surface area contributed by atoms with Crippen LogP contribution in [-0.4, -0.2) is 48.1 Å². The minimum atomic E-state index is 0.528. The largest absolute Gasteiger partial charge is 0.399 e. The van der Waals surface area contributed by atoms with Gasteiger partial charge in [0.25, 0.3) is 0 Å². The van der Waals surface area contributed by atoms with Crippen molar-refractivity contribution in [3.63, 3.8) is 0 Å². The van der Waals surface area contributed by atoms with Crippen molar-refractivity contribution in [2.75, 3.05) is 37.8 Å². The number of hydrogen-bond acceptors (Lipinski definition) is 5. The molecule has 2 N–H and O–H groups in total. The number of nitrogens with two attached hydrogens (primary N) is 1. The SMILES string of the molecule is CN(C)CC1CCCN1c1ncnc2cc(N)ccc12. The number of fused-ring (bicyclic) bond motifs is 1. The van der Waals surface area contributed by atoms with Gasteiger partial charge < -0.3 is 15.5 Å². The van der Waals surface area contributed by atoms with Crippen LogP contribution in [0.2, 0.25) is 0 Å². The molecular formula is C15H21N5. The Kier molecular flexibility index (Phi) is 3.44. The molecule has 5 heteroatoms. The van der Waals surface area contributed by atoms with Gasteiger partial charge in [-0.1, -0.05) is 0 Å². The van der Waals surface area contributed by atoms with E-state index in [0.717, 1.165) is 35.5 Å². The summed E-state index contributed by atoms with van der Waals surface area (Å²) in [6.07, 6.45) is 4.08. The van der Waals surface area contributed by atoms with Gasteiger partial charge in [-0.15, -0.1) is 0 Å². The van der Waals surface area contributed by atoms with Crippen molar-refractivity contribution in [2.45, 2.75) is 18.9 Å². The van der Waals surface area contributed by atoms with Gasteiger partial charge in [-0.3, -0.25) is 0 Å². The van der Waals surface area contributed by atoms with Gasteiger partial charge in [0.1, 0.15) is 12.1 Å². The van der Waals surface area contributed by atoms with E-state index >= 15 is 0 Å². The molecule has 1 saturated heterocycles. The summed E-state index contributed by atoms with van der Waals surface area (Å²) in [5, 5.41) is 1.09. The summed E-state index contributed by atoms with van der Waals surface area (Å²) in [6, 6.07) is 6.40. The third-order valence-corrected chi connectivity index (χ3v) is 3.86. The molecule has 1 unspecified atom stereocenters. The van der Waals surface area contributed by atoms with E-state index in [9.17, 15) is 0 Å². The smallest absolute Gasteiger partial charge is 0.140 e. The molecule has 0 aliphatic carbocycles. The van der Waals surface area contributed by atoms with Crippen molar-refractivity contribution in [2.24, 2.45) is 0 Å². The third kappa shape index (κ3) is 2.41. The normalized spacial score (nSPS) is 19.1. The number of aromatic nitrogens is 2. The number of hydrogen-bond donors (Lipinski definition) is 1. The summed E-state index contributed by atoms with van der Waals surface area (Å²) in [6.45, 7) is 2.12. The van der Waals surface area contributed by atoms with Gasteiger partial charge in [0.2, 0.25) is 0 Å². The van der Waals surface area contributed by atoms with Crippen molar-refractivity contribution < 1.29 is 0 Å². The van der Waals surface area contributed by atoms with Crippen LogP contribution in [0, 0.1) is 0 Å². The van der Waals surface area contributed by atoms with Crippen LogP contribution < -0.4 is 10.6 Å². The molecule has 1 aromatic carbocycles. The van der Waals surface area contributed by atoms with E-state index in [4.69, 9.17) is 5.73 Å². The highest BCUT2D eigenvalue weighted by molar-refractivity contribution is 5.91. The molecule has 1 atom stereocenters. The van der Waals surface area contributed by atoms with Gasteiger partial charge in [0.15, 0.2) is 0 Å². The molecule has 3 rings (SSSR count). The molecule has 1 aliphatic heterocycles. The Hall–Kier alpha value is -1.88. The topological polar surface area (TPSA) is 58.3 Å².